The Balaban J connectivity index is 1.84. The van der Waals surface area contributed by atoms with Crippen molar-refractivity contribution in [1.29, 1.82) is 0 Å². The molecule has 2 heterocycles. The van der Waals surface area contributed by atoms with Crippen LogP contribution in [0.4, 0.5) is 4.79 Å². The number of nitrogens with zero attached hydrogens (tertiary/aromatic N) is 4. The lowest BCUT2D eigenvalue weighted by Gasteiger charge is -2.36. The lowest BCUT2D eigenvalue weighted by atomic mass is 10.1. The molecule has 1 aliphatic rings. The van der Waals surface area contributed by atoms with Crippen molar-refractivity contribution in [2.24, 2.45) is 0 Å². The van der Waals surface area contributed by atoms with Gasteiger partial charge in [0.2, 0.25) is 5.91 Å². The lowest BCUT2D eigenvalue weighted by molar-refractivity contribution is -0.155. The molecule has 1 aliphatic heterocycles. The van der Waals surface area contributed by atoms with E-state index < -0.39 is 41.5 Å². The number of carbonyl (C=O) groups is 5. The predicted octanol–water partition coefficient (Wildman–Crippen LogP) is 3.32. The van der Waals surface area contributed by atoms with Crippen molar-refractivity contribution in [3.63, 3.8) is 0 Å². The normalized spacial score (nSPS) is 13.9. The van der Waals surface area contributed by atoms with Gasteiger partial charge in [-0.05, 0) is 41.0 Å². The van der Waals surface area contributed by atoms with Crippen molar-refractivity contribution in [3.8, 4) is 11.4 Å². The average Bonchev–Trinajstić information content (AvgIpc) is 3.01. The highest BCUT2D eigenvalue weighted by atomic mass is 32.2. The highest BCUT2D eigenvalue weighted by molar-refractivity contribution is 7.99. The van der Waals surface area contributed by atoms with Crippen molar-refractivity contribution in [1.82, 2.24) is 25.1 Å². The fourth-order valence-corrected chi connectivity index (χ4v) is 5.05. The topological polar surface area (TPSA) is 157 Å². The van der Waals surface area contributed by atoms with Gasteiger partial charge >= 0.3 is 18.0 Å². The third kappa shape index (κ3) is 11.3. The molecule has 0 aliphatic carbocycles. The third-order valence-corrected chi connectivity index (χ3v) is 7.27. The van der Waals surface area contributed by atoms with E-state index in [4.69, 9.17) is 14.2 Å². The Morgan fingerprint density at radius 1 is 0.911 bits per heavy atom. The second-order valence-corrected chi connectivity index (χ2v) is 12.0. The Bertz CT molecular complexity index is 1340. The van der Waals surface area contributed by atoms with Crippen LogP contribution in [0, 0.1) is 0 Å². The van der Waals surface area contributed by atoms with E-state index in [2.05, 4.69) is 15.3 Å². The first-order valence-electron chi connectivity index (χ1n) is 14.9. The zero-order valence-electron chi connectivity index (χ0n) is 26.4. The minimum Gasteiger partial charge on any atom is -0.465 e. The summed E-state index contributed by atoms with van der Waals surface area (Å²) in [4.78, 5) is 76.0. The second-order valence-electron chi connectivity index (χ2n) is 11.0. The van der Waals surface area contributed by atoms with E-state index in [1.807, 2.05) is 18.2 Å². The molecule has 244 valence electrons. The summed E-state index contributed by atoms with van der Waals surface area (Å²) >= 11 is 1.10. The SMILES string of the molecule is CCOC(=O)CSc1cc(C(=O)N[C@@H](CCC(=O)OC(C)(C)C)C(=O)N2CCN(C(=O)OCC)CC2)nc(-c2ccccc2)n1. The van der Waals surface area contributed by atoms with Gasteiger partial charge in [0.05, 0.1) is 19.0 Å². The monoisotopic (exact) mass is 643 g/mol. The molecular formula is C31H41N5O8S. The molecule has 1 aromatic carbocycles. The molecule has 0 spiro atoms. The summed E-state index contributed by atoms with van der Waals surface area (Å²) in [6, 6.07) is 9.40. The van der Waals surface area contributed by atoms with Crippen molar-refractivity contribution in [3.05, 3.63) is 42.1 Å². The summed E-state index contributed by atoms with van der Waals surface area (Å²) in [7, 11) is 0. The van der Waals surface area contributed by atoms with Gasteiger partial charge in [-0.2, -0.15) is 0 Å². The number of rotatable bonds is 12. The van der Waals surface area contributed by atoms with E-state index in [1.165, 1.54) is 11.0 Å². The molecule has 0 saturated carbocycles. The van der Waals surface area contributed by atoms with E-state index in [9.17, 15) is 24.0 Å². The number of ether oxygens (including phenoxy) is 3. The number of nitrogens with one attached hydrogen (secondary N) is 1. The van der Waals surface area contributed by atoms with Gasteiger partial charge in [-0.15, -0.1) is 0 Å². The molecule has 0 bridgehead atoms. The van der Waals surface area contributed by atoms with Crippen LogP contribution in [0.25, 0.3) is 11.4 Å². The standard InChI is InChI=1S/C31H41N5O8S/c1-6-42-26(38)20-45-24-19-23(32-27(34-24)21-11-9-8-10-12-21)28(39)33-22(13-14-25(37)44-31(3,4)5)29(40)35-15-17-36(18-16-35)30(41)43-7-2/h8-12,19,22H,6-7,13-18,20H2,1-5H3,(H,33,39)/t22-/m0/s1. The fourth-order valence-electron chi connectivity index (χ4n) is 4.36. The molecule has 0 radical (unpaired) electrons. The molecule has 1 N–H and O–H groups in total. The van der Waals surface area contributed by atoms with Gasteiger partial charge < -0.3 is 29.3 Å². The Labute approximate surface area is 267 Å². The summed E-state index contributed by atoms with van der Waals surface area (Å²) in [5, 5.41) is 3.13. The van der Waals surface area contributed by atoms with E-state index in [0.29, 0.717) is 10.6 Å². The van der Waals surface area contributed by atoms with Gasteiger partial charge in [0.15, 0.2) is 5.82 Å². The molecule has 13 nitrogen and oxygen atoms in total. The largest absolute Gasteiger partial charge is 0.465 e. The van der Waals surface area contributed by atoms with Crippen LogP contribution in [0.2, 0.25) is 0 Å². The number of hydrogen-bond acceptors (Lipinski definition) is 11. The number of benzene rings is 1. The zero-order valence-corrected chi connectivity index (χ0v) is 27.2. The van der Waals surface area contributed by atoms with Gasteiger partial charge in [-0.3, -0.25) is 19.2 Å². The zero-order chi connectivity index (χ0) is 33.0. The molecule has 3 rings (SSSR count). The van der Waals surface area contributed by atoms with Crippen LogP contribution in [0.3, 0.4) is 0 Å². The number of amides is 3. The number of piperazine rings is 1. The molecular weight excluding hydrogens is 602 g/mol. The highest BCUT2D eigenvalue weighted by Gasteiger charge is 2.32. The number of carbonyl (C=O) groups excluding carboxylic acids is 5. The minimum atomic E-state index is -1.08. The maximum Gasteiger partial charge on any atom is 0.409 e. The minimum absolute atomic E-state index is 0.0152. The molecule has 0 unspecified atom stereocenters. The first-order valence-corrected chi connectivity index (χ1v) is 15.8. The number of thioether (sulfide) groups is 1. The lowest BCUT2D eigenvalue weighted by Crippen LogP contribution is -2.56. The molecule has 1 saturated heterocycles. The average molecular weight is 644 g/mol. The van der Waals surface area contributed by atoms with Gasteiger partial charge in [0.1, 0.15) is 22.4 Å². The number of aromatic nitrogens is 2. The first-order chi connectivity index (χ1) is 21.4. The maximum absolute atomic E-state index is 13.7. The van der Waals surface area contributed by atoms with Gasteiger partial charge in [0, 0.05) is 44.2 Å². The van der Waals surface area contributed by atoms with Crippen LogP contribution in [-0.2, 0) is 28.6 Å². The molecule has 45 heavy (non-hydrogen) atoms. The third-order valence-electron chi connectivity index (χ3n) is 6.39. The van der Waals surface area contributed by atoms with Crippen LogP contribution in [-0.4, -0.2) is 106 Å². The van der Waals surface area contributed by atoms with E-state index >= 15 is 0 Å². The van der Waals surface area contributed by atoms with Crippen LogP contribution in [0.5, 0.6) is 0 Å². The van der Waals surface area contributed by atoms with E-state index in [1.54, 1.807) is 51.7 Å². The molecule has 1 fully saturated rings. The van der Waals surface area contributed by atoms with E-state index in [0.717, 1.165) is 11.8 Å². The molecule has 1 aromatic heterocycles. The van der Waals surface area contributed by atoms with Gasteiger partial charge in [0.25, 0.3) is 5.91 Å². The Morgan fingerprint density at radius 3 is 2.18 bits per heavy atom. The summed E-state index contributed by atoms with van der Waals surface area (Å²) in [6.07, 6.45) is -0.580. The molecule has 14 heteroatoms. The Hall–Kier alpha value is -4.20. The van der Waals surface area contributed by atoms with Crippen LogP contribution < -0.4 is 5.32 Å². The van der Waals surface area contributed by atoms with Crippen molar-refractivity contribution in [2.75, 3.05) is 45.1 Å². The molecule has 2 aromatic rings. The summed E-state index contributed by atoms with van der Waals surface area (Å²) in [5.41, 5.74) is -0.0741. The van der Waals surface area contributed by atoms with Gasteiger partial charge in [-0.1, -0.05) is 42.1 Å². The highest BCUT2D eigenvalue weighted by Crippen LogP contribution is 2.22. The predicted molar refractivity (Wildman–Crippen MR) is 166 cm³/mol. The van der Waals surface area contributed by atoms with Crippen molar-refractivity contribution >= 4 is 41.6 Å². The quantitative estimate of drug-likeness (QED) is 0.157. The summed E-state index contributed by atoms with van der Waals surface area (Å²) in [5.74, 6) is -1.74. The summed E-state index contributed by atoms with van der Waals surface area (Å²) in [6.45, 7) is 10.2. The Kier molecular flexibility index (Phi) is 13.1. The van der Waals surface area contributed by atoms with Crippen molar-refractivity contribution < 1.29 is 38.2 Å². The second kappa shape index (κ2) is 16.8. The van der Waals surface area contributed by atoms with Gasteiger partial charge in [-0.25, -0.2) is 14.8 Å². The molecule has 1 atom stereocenters. The van der Waals surface area contributed by atoms with Crippen LogP contribution >= 0.6 is 11.8 Å². The van der Waals surface area contributed by atoms with Crippen LogP contribution in [0.15, 0.2) is 41.4 Å². The number of hydrogen-bond donors (Lipinski definition) is 1. The van der Waals surface area contributed by atoms with Crippen LogP contribution in [0.1, 0.15) is 57.9 Å². The molecule has 3 amide bonds. The first kappa shape index (κ1) is 35.3. The Morgan fingerprint density at radius 2 is 1.56 bits per heavy atom. The smallest absolute Gasteiger partial charge is 0.409 e. The number of esters is 2. The van der Waals surface area contributed by atoms with Crippen molar-refractivity contribution in [2.45, 2.75) is 64.1 Å². The van der Waals surface area contributed by atoms with E-state index in [-0.39, 0.29) is 69.5 Å². The fraction of sp³-hybridized carbons (Fsp3) is 0.516. The maximum atomic E-state index is 13.7. The summed E-state index contributed by atoms with van der Waals surface area (Å²) < 4.78 is 15.5.